The first kappa shape index (κ1) is 25.7. The molecule has 1 amide bonds. The number of anilines is 1. The minimum Gasteiger partial charge on any atom is -0.393 e. The number of nitrogens with two attached hydrogens (primary N) is 1. The number of aliphatic hydroxyl groups excluding tert-OH is 2. The van der Waals surface area contributed by atoms with E-state index in [1.54, 1.807) is 0 Å². The number of hydrogen-bond acceptors (Lipinski definition) is 9. The second-order valence-electron chi connectivity index (χ2n) is 8.09. The number of aliphatic hydroxyl groups is 3. The fourth-order valence-electron chi connectivity index (χ4n) is 3.88. The third-order valence-electron chi connectivity index (χ3n) is 5.58. The predicted octanol–water partition coefficient (Wildman–Crippen LogP) is 1.54. The van der Waals surface area contributed by atoms with Crippen LogP contribution in [0.1, 0.15) is 54.2 Å². The minimum atomic E-state index is -1.63. The zero-order valence-electron chi connectivity index (χ0n) is 18.2. The fraction of sp³-hybridized carbons (Fsp3) is 0.571. The lowest BCUT2D eigenvalue weighted by atomic mass is 9.90. The van der Waals surface area contributed by atoms with E-state index in [1.165, 1.54) is 42.2 Å². The molecule has 10 heteroatoms. The number of fused-ring (bicyclic) bond motifs is 2. The van der Waals surface area contributed by atoms with Crippen molar-refractivity contribution >= 4 is 36.1 Å². The van der Waals surface area contributed by atoms with E-state index in [1.807, 2.05) is 0 Å². The molecule has 2 aromatic rings. The number of thiazole rings is 1. The van der Waals surface area contributed by atoms with E-state index >= 15 is 0 Å². The second-order valence-corrected chi connectivity index (χ2v) is 9.91. The van der Waals surface area contributed by atoms with Gasteiger partial charge in [-0.2, -0.15) is 0 Å². The summed E-state index contributed by atoms with van der Waals surface area (Å²) in [6.07, 6.45) is 7.72. The molecule has 0 aromatic carbocycles. The molecule has 0 spiro atoms. The van der Waals surface area contributed by atoms with Crippen LogP contribution in [-0.2, 0) is 35.1 Å². The van der Waals surface area contributed by atoms with E-state index in [-0.39, 0.29) is 10.4 Å². The molecule has 2 heterocycles. The van der Waals surface area contributed by atoms with Crippen molar-refractivity contribution < 1.29 is 20.1 Å². The second kappa shape index (κ2) is 10.8. The summed E-state index contributed by atoms with van der Waals surface area (Å²) in [5.41, 5.74) is 9.09. The third kappa shape index (κ3) is 5.44. The average Bonchev–Trinajstić information content (AvgIpc) is 3.49. The molecule has 2 aliphatic rings. The Morgan fingerprint density at radius 1 is 1.26 bits per heavy atom. The third-order valence-corrected chi connectivity index (χ3v) is 6.97. The summed E-state index contributed by atoms with van der Waals surface area (Å²) >= 11 is 5.12. The minimum absolute atomic E-state index is 0.159. The van der Waals surface area contributed by atoms with Crippen molar-refractivity contribution in [3.05, 3.63) is 33.7 Å². The van der Waals surface area contributed by atoms with Gasteiger partial charge in [-0.05, 0) is 50.3 Å². The standard InChI is InChI=1S/C14H18N2O.C6H9NO3S2.CH5N/c1-14(2)7-6-10-12(15-8-17)9-4-3-5-11(9)16-13(10)14;8-2-6(10,3-9)5-7-1-4(11)12-5;1-2/h8H,3-7H2,1-2H3,(H,15,16,17);1,8-11H,2-3H2;2H2,1H3. The van der Waals surface area contributed by atoms with Crippen LogP contribution in [0.2, 0.25) is 0 Å². The summed E-state index contributed by atoms with van der Waals surface area (Å²) in [7, 11) is 1.50. The number of aromatic nitrogens is 2. The first-order valence-electron chi connectivity index (χ1n) is 10.2. The van der Waals surface area contributed by atoms with E-state index in [2.05, 4.69) is 42.5 Å². The van der Waals surface area contributed by atoms with E-state index in [4.69, 9.17) is 15.2 Å². The summed E-state index contributed by atoms with van der Waals surface area (Å²) in [6, 6.07) is 0. The molecule has 2 aliphatic carbocycles. The molecule has 8 nitrogen and oxygen atoms in total. The van der Waals surface area contributed by atoms with Gasteiger partial charge in [0.05, 0.1) is 35.0 Å². The number of thiol groups is 1. The summed E-state index contributed by atoms with van der Waals surface area (Å²) < 4.78 is 0.630. The first-order valence-corrected chi connectivity index (χ1v) is 11.4. The van der Waals surface area contributed by atoms with Gasteiger partial charge in [-0.15, -0.1) is 24.0 Å². The Morgan fingerprint density at radius 2 is 1.94 bits per heavy atom. The Balaban J connectivity index is 0.000000216. The highest BCUT2D eigenvalue weighted by Crippen LogP contribution is 2.43. The van der Waals surface area contributed by atoms with Gasteiger partial charge in [0.2, 0.25) is 6.41 Å². The van der Waals surface area contributed by atoms with Crippen LogP contribution >= 0.6 is 24.0 Å². The maximum absolute atomic E-state index is 10.8. The van der Waals surface area contributed by atoms with Gasteiger partial charge in [0.15, 0.2) is 5.60 Å². The van der Waals surface area contributed by atoms with Crippen LogP contribution < -0.4 is 11.1 Å². The summed E-state index contributed by atoms with van der Waals surface area (Å²) in [5.74, 6) is 0. The Bertz CT molecular complexity index is 898. The lowest BCUT2D eigenvalue weighted by molar-refractivity contribution is -0.105. The van der Waals surface area contributed by atoms with Crippen molar-refractivity contribution in [2.45, 2.75) is 61.2 Å². The quantitative estimate of drug-likeness (QED) is 0.289. The maximum atomic E-state index is 10.8. The van der Waals surface area contributed by atoms with Crippen molar-refractivity contribution in [3.8, 4) is 0 Å². The Labute approximate surface area is 192 Å². The van der Waals surface area contributed by atoms with E-state index < -0.39 is 18.8 Å². The molecule has 6 N–H and O–H groups in total. The van der Waals surface area contributed by atoms with Gasteiger partial charge in [0.1, 0.15) is 5.01 Å². The number of carbonyl (C=O) groups excluding carboxylic acids is 1. The van der Waals surface area contributed by atoms with E-state index in [0.717, 1.165) is 49.1 Å². The molecule has 2 aromatic heterocycles. The smallest absolute Gasteiger partial charge is 0.211 e. The summed E-state index contributed by atoms with van der Waals surface area (Å²) in [6.45, 7) is 3.39. The van der Waals surface area contributed by atoms with Gasteiger partial charge in [0, 0.05) is 11.1 Å². The lowest BCUT2D eigenvalue weighted by Crippen LogP contribution is -2.34. The molecular weight excluding hydrogens is 436 g/mol. The topological polar surface area (TPSA) is 142 Å². The molecular formula is C21H32N4O4S2. The Hall–Kier alpha value is -1.56. The van der Waals surface area contributed by atoms with Gasteiger partial charge in [-0.3, -0.25) is 9.78 Å². The average molecular weight is 469 g/mol. The molecule has 0 fully saturated rings. The number of hydrogen-bond donors (Lipinski definition) is 6. The monoisotopic (exact) mass is 468 g/mol. The van der Waals surface area contributed by atoms with Gasteiger partial charge in [-0.25, -0.2) is 4.98 Å². The molecule has 0 atom stereocenters. The number of carbonyl (C=O) groups is 1. The molecule has 0 saturated carbocycles. The highest BCUT2D eigenvalue weighted by Gasteiger charge is 2.36. The van der Waals surface area contributed by atoms with Crippen molar-refractivity contribution in [1.82, 2.24) is 9.97 Å². The van der Waals surface area contributed by atoms with Gasteiger partial charge >= 0.3 is 0 Å². The maximum Gasteiger partial charge on any atom is 0.211 e. The number of nitrogens with one attached hydrogen (secondary N) is 1. The number of nitrogens with zero attached hydrogens (tertiary/aromatic N) is 2. The van der Waals surface area contributed by atoms with Gasteiger partial charge in [0.25, 0.3) is 0 Å². The molecule has 172 valence electrons. The molecule has 0 bridgehead atoms. The fourth-order valence-corrected chi connectivity index (χ4v) is 4.93. The number of amides is 1. The largest absolute Gasteiger partial charge is 0.393 e. The normalized spacial score (nSPS) is 15.7. The van der Waals surface area contributed by atoms with Crippen LogP contribution in [0.15, 0.2) is 10.4 Å². The SMILES string of the molecule is CC1(C)CCc2c1nc1c(c2NC=O)CCC1.CN.OCC(O)(CO)c1ncc(S)s1. The van der Waals surface area contributed by atoms with E-state index in [0.29, 0.717) is 4.21 Å². The number of aryl methyl sites for hydroxylation is 1. The number of rotatable bonds is 5. The zero-order valence-corrected chi connectivity index (χ0v) is 19.9. The molecule has 31 heavy (non-hydrogen) atoms. The van der Waals surface area contributed by atoms with Crippen LogP contribution in [0.3, 0.4) is 0 Å². The molecule has 4 rings (SSSR count). The Kier molecular flexibility index (Phi) is 8.99. The van der Waals surface area contributed by atoms with Gasteiger partial charge in [-0.1, -0.05) is 13.8 Å². The highest BCUT2D eigenvalue weighted by atomic mass is 32.2. The molecule has 0 saturated heterocycles. The zero-order chi connectivity index (χ0) is 23.2. The Morgan fingerprint density at radius 3 is 2.48 bits per heavy atom. The van der Waals surface area contributed by atoms with Crippen LogP contribution in [0.25, 0.3) is 0 Å². The lowest BCUT2D eigenvalue weighted by Gasteiger charge is -2.20. The van der Waals surface area contributed by atoms with Crippen LogP contribution in [0.4, 0.5) is 5.69 Å². The number of pyridine rings is 1. The molecule has 0 radical (unpaired) electrons. The van der Waals surface area contributed by atoms with Crippen LogP contribution in [0.5, 0.6) is 0 Å². The first-order chi connectivity index (χ1) is 14.8. The van der Waals surface area contributed by atoms with Crippen LogP contribution in [0, 0.1) is 0 Å². The predicted molar refractivity (Wildman–Crippen MR) is 125 cm³/mol. The van der Waals surface area contributed by atoms with Crippen molar-refractivity contribution in [2.75, 3.05) is 25.6 Å². The molecule has 0 unspecified atom stereocenters. The van der Waals surface area contributed by atoms with E-state index in [9.17, 15) is 9.90 Å². The summed E-state index contributed by atoms with van der Waals surface area (Å²) in [4.78, 5) is 19.5. The summed E-state index contributed by atoms with van der Waals surface area (Å²) in [5, 5.41) is 30.3. The van der Waals surface area contributed by atoms with Gasteiger partial charge < -0.3 is 26.4 Å². The highest BCUT2D eigenvalue weighted by molar-refractivity contribution is 7.82. The van der Waals surface area contributed by atoms with Crippen molar-refractivity contribution in [2.24, 2.45) is 5.73 Å². The van der Waals surface area contributed by atoms with Crippen molar-refractivity contribution in [1.29, 1.82) is 0 Å². The van der Waals surface area contributed by atoms with Crippen LogP contribution in [-0.4, -0.2) is 52.0 Å². The molecule has 0 aliphatic heterocycles. The van der Waals surface area contributed by atoms with Crippen molar-refractivity contribution in [3.63, 3.8) is 0 Å².